The number of nitrogens with zero attached hydrogens (tertiary/aromatic N) is 2. The molecule has 0 spiro atoms. The highest BCUT2D eigenvalue weighted by Gasteiger charge is 2.24. The Morgan fingerprint density at radius 3 is 2.45 bits per heavy atom. The smallest absolute Gasteiger partial charge is 0.318 e. The molecular formula is C22H28N4O2S. The van der Waals surface area contributed by atoms with Gasteiger partial charge in [0, 0.05) is 43.3 Å². The van der Waals surface area contributed by atoms with Crippen molar-refractivity contribution in [1.29, 1.82) is 0 Å². The summed E-state index contributed by atoms with van der Waals surface area (Å²) in [6.45, 7) is 5.56. The summed E-state index contributed by atoms with van der Waals surface area (Å²) in [6, 6.07) is 17.2. The fourth-order valence-corrected chi connectivity index (χ4v) is 3.70. The number of piperazine rings is 1. The third-order valence-electron chi connectivity index (χ3n) is 4.98. The Morgan fingerprint density at radius 1 is 1.03 bits per heavy atom. The molecule has 1 saturated heterocycles. The van der Waals surface area contributed by atoms with Crippen molar-refractivity contribution < 1.29 is 9.59 Å². The maximum absolute atomic E-state index is 12.5. The molecule has 2 N–H and O–H groups in total. The van der Waals surface area contributed by atoms with Crippen LogP contribution in [-0.2, 0) is 11.3 Å². The number of rotatable bonds is 6. The van der Waals surface area contributed by atoms with Gasteiger partial charge in [0.05, 0.1) is 0 Å². The maximum atomic E-state index is 12.5. The van der Waals surface area contributed by atoms with Gasteiger partial charge < -0.3 is 15.5 Å². The Kier molecular flexibility index (Phi) is 7.55. The number of carbonyl (C=O) groups excluding carboxylic acids is 2. The van der Waals surface area contributed by atoms with Crippen molar-refractivity contribution in [3.05, 3.63) is 60.2 Å². The summed E-state index contributed by atoms with van der Waals surface area (Å²) in [5.41, 5.74) is 2.01. The van der Waals surface area contributed by atoms with E-state index in [2.05, 4.69) is 27.7 Å². The quantitative estimate of drug-likeness (QED) is 0.715. The van der Waals surface area contributed by atoms with E-state index in [1.807, 2.05) is 48.7 Å². The average Bonchev–Trinajstić information content (AvgIpc) is 2.75. The van der Waals surface area contributed by atoms with E-state index in [0.29, 0.717) is 13.1 Å². The molecule has 29 heavy (non-hydrogen) atoms. The van der Waals surface area contributed by atoms with Crippen molar-refractivity contribution in [3.63, 3.8) is 0 Å². The largest absolute Gasteiger partial charge is 0.326 e. The number of hydrogen-bond donors (Lipinski definition) is 2. The van der Waals surface area contributed by atoms with Crippen LogP contribution in [0, 0.1) is 0 Å². The van der Waals surface area contributed by atoms with Gasteiger partial charge in [0.25, 0.3) is 0 Å². The number of thioether (sulfide) groups is 1. The second kappa shape index (κ2) is 10.3. The molecule has 1 fully saturated rings. The van der Waals surface area contributed by atoms with E-state index >= 15 is 0 Å². The molecule has 0 unspecified atom stereocenters. The second-order valence-corrected chi connectivity index (χ2v) is 8.02. The summed E-state index contributed by atoms with van der Waals surface area (Å²) in [5, 5.41) is 5.68. The van der Waals surface area contributed by atoms with Crippen LogP contribution in [-0.4, -0.2) is 60.2 Å². The van der Waals surface area contributed by atoms with Gasteiger partial charge in [-0.1, -0.05) is 36.4 Å². The lowest BCUT2D eigenvalue weighted by Gasteiger charge is -2.35. The van der Waals surface area contributed by atoms with Crippen LogP contribution in [0.25, 0.3) is 0 Å². The standard InChI is InChI=1S/C22H28N4O2S/c1-17(21(27)24-19-9-6-10-20(15-19)29-2)23-22(28)26-13-11-25(12-14-26)16-18-7-4-3-5-8-18/h3-10,15,17H,11-14,16H2,1-2H3,(H,23,28)(H,24,27)/t17-/m1/s1. The van der Waals surface area contributed by atoms with Crippen LogP contribution >= 0.6 is 11.8 Å². The summed E-state index contributed by atoms with van der Waals surface area (Å²) in [4.78, 5) is 30.2. The number of carbonyl (C=O) groups is 2. The monoisotopic (exact) mass is 412 g/mol. The van der Waals surface area contributed by atoms with Crippen LogP contribution in [0.2, 0.25) is 0 Å². The van der Waals surface area contributed by atoms with Gasteiger partial charge in [-0.2, -0.15) is 0 Å². The fraction of sp³-hybridized carbons (Fsp3) is 0.364. The molecule has 0 saturated carbocycles. The predicted octanol–water partition coefficient (Wildman–Crippen LogP) is 3.26. The third kappa shape index (κ3) is 6.24. The Balaban J connectivity index is 1.44. The van der Waals surface area contributed by atoms with Crippen LogP contribution in [0.15, 0.2) is 59.5 Å². The molecule has 2 aromatic carbocycles. The average molecular weight is 413 g/mol. The summed E-state index contributed by atoms with van der Waals surface area (Å²) >= 11 is 1.62. The highest BCUT2D eigenvalue weighted by molar-refractivity contribution is 7.98. The van der Waals surface area contributed by atoms with Gasteiger partial charge in [0.2, 0.25) is 5.91 Å². The molecule has 2 aromatic rings. The van der Waals surface area contributed by atoms with Crippen molar-refractivity contribution in [2.24, 2.45) is 0 Å². The molecular weight excluding hydrogens is 384 g/mol. The third-order valence-corrected chi connectivity index (χ3v) is 5.70. The lowest BCUT2D eigenvalue weighted by molar-refractivity contribution is -0.117. The zero-order valence-corrected chi connectivity index (χ0v) is 17.7. The van der Waals surface area contributed by atoms with Crippen LogP contribution in [0.3, 0.4) is 0 Å². The Bertz CT molecular complexity index is 823. The first-order valence-electron chi connectivity index (χ1n) is 9.82. The molecule has 0 aliphatic carbocycles. The summed E-state index contributed by atoms with van der Waals surface area (Å²) in [7, 11) is 0. The molecule has 1 aliphatic rings. The lowest BCUT2D eigenvalue weighted by Crippen LogP contribution is -2.54. The Morgan fingerprint density at radius 2 is 1.76 bits per heavy atom. The van der Waals surface area contributed by atoms with Crippen molar-refractivity contribution in [3.8, 4) is 0 Å². The molecule has 3 rings (SSSR count). The van der Waals surface area contributed by atoms with Gasteiger partial charge in [-0.3, -0.25) is 9.69 Å². The first-order chi connectivity index (χ1) is 14.0. The number of nitrogens with one attached hydrogen (secondary N) is 2. The molecule has 0 bridgehead atoms. The van der Waals surface area contributed by atoms with Crippen LogP contribution in [0.5, 0.6) is 0 Å². The number of hydrogen-bond acceptors (Lipinski definition) is 4. The minimum Gasteiger partial charge on any atom is -0.326 e. The van der Waals surface area contributed by atoms with E-state index in [4.69, 9.17) is 0 Å². The number of urea groups is 1. The highest BCUT2D eigenvalue weighted by atomic mass is 32.2. The van der Waals surface area contributed by atoms with Gasteiger partial charge in [0.15, 0.2) is 0 Å². The van der Waals surface area contributed by atoms with Crippen molar-refractivity contribution in [1.82, 2.24) is 15.1 Å². The van der Waals surface area contributed by atoms with Gasteiger partial charge in [-0.05, 0) is 36.9 Å². The van der Waals surface area contributed by atoms with Crippen molar-refractivity contribution >= 4 is 29.4 Å². The van der Waals surface area contributed by atoms with Gasteiger partial charge >= 0.3 is 6.03 Å². The first-order valence-corrected chi connectivity index (χ1v) is 11.0. The summed E-state index contributed by atoms with van der Waals surface area (Å²) in [5.74, 6) is -0.223. The zero-order valence-electron chi connectivity index (χ0n) is 16.9. The molecule has 1 aliphatic heterocycles. The zero-order chi connectivity index (χ0) is 20.6. The first kappa shape index (κ1) is 21.2. The Labute approximate surface area is 176 Å². The van der Waals surface area contributed by atoms with E-state index in [0.717, 1.165) is 30.2 Å². The van der Waals surface area contributed by atoms with E-state index in [1.165, 1.54) is 5.56 Å². The fourth-order valence-electron chi connectivity index (χ4n) is 3.24. The molecule has 154 valence electrons. The molecule has 3 amide bonds. The molecule has 0 aromatic heterocycles. The number of anilines is 1. The van der Waals surface area contributed by atoms with E-state index in [9.17, 15) is 9.59 Å². The summed E-state index contributed by atoms with van der Waals surface area (Å²) < 4.78 is 0. The lowest BCUT2D eigenvalue weighted by atomic mass is 10.2. The molecule has 1 atom stereocenters. The van der Waals surface area contributed by atoms with Crippen molar-refractivity contribution in [2.45, 2.75) is 24.4 Å². The van der Waals surface area contributed by atoms with Crippen LogP contribution in [0.4, 0.5) is 10.5 Å². The van der Waals surface area contributed by atoms with E-state index < -0.39 is 6.04 Å². The van der Waals surface area contributed by atoms with Crippen LogP contribution < -0.4 is 10.6 Å². The van der Waals surface area contributed by atoms with E-state index in [1.54, 1.807) is 23.6 Å². The molecule has 6 nitrogen and oxygen atoms in total. The SMILES string of the molecule is CSc1cccc(NC(=O)[C@@H](C)NC(=O)N2CCN(Cc3ccccc3)CC2)c1. The second-order valence-electron chi connectivity index (χ2n) is 7.14. The number of amides is 3. The minimum atomic E-state index is -0.609. The van der Waals surface area contributed by atoms with Gasteiger partial charge in [-0.25, -0.2) is 4.79 Å². The Hall–Kier alpha value is -2.51. The highest BCUT2D eigenvalue weighted by Crippen LogP contribution is 2.19. The van der Waals surface area contributed by atoms with Crippen molar-refractivity contribution in [2.75, 3.05) is 37.8 Å². The van der Waals surface area contributed by atoms with Gasteiger partial charge in [-0.15, -0.1) is 11.8 Å². The van der Waals surface area contributed by atoms with E-state index in [-0.39, 0.29) is 11.9 Å². The minimum absolute atomic E-state index is 0.190. The molecule has 1 heterocycles. The normalized spacial score (nSPS) is 15.6. The maximum Gasteiger partial charge on any atom is 0.318 e. The van der Waals surface area contributed by atoms with Crippen LogP contribution in [0.1, 0.15) is 12.5 Å². The molecule has 0 radical (unpaired) electrons. The topological polar surface area (TPSA) is 64.7 Å². The summed E-state index contributed by atoms with van der Waals surface area (Å²) in [6.07, 6.45) is 1.99. The van der Waals surface area contributed by atoms with Gasteiger partial charge in [0.1, 0.15) is 6.04 Å². The molecule has 7 heteroatoms. The number of benzene rings is 2. The predicted molar refractivity (Wildman–Crippen MR) is 118 cm³/mol.